The van der Waals surface area contributed by atoms with Crippen LogP contribution in [0.4, 0.5) is 11.4 Å². The number of fused-ring (bicyclic) bond motifs is 1. The maximum atomic E-state index is 12.7. The Morgan fingerprint density at radius 3 is 2.34 bits per heavy atom. The van der Waals surface area contributed by atoms with E-state index in [0.717, 1.165) is 35.4 Å². The minimum Gasteiger partial charge on any atom is -0.457 e. The fraction of sp³-hybridized carbons (Fsp3) is 0.167. The van der Waals surface area contributed by atoms with Crippen LogP contribution in [0.15, 0.2) is 83.3 Å². The van der Waals surface area contributed by atoms with Crippen LogP contribution in [-0.2, 0) is 4.79 Å². The van der Waals surface area contributed by atoms with E-state index >= 15 is 0 Å². The van der Waals surface area contributed by atoms with Gasteiger partial charge >= 0.3 is 0 Å². The minimum atomic E-state index is -0.267. The zero-order valence-electron chi connectivity index (χ0n) is 21.5. The van der Waals surface area contributed by atoms with Crippen molar-refractivity contribution in [1.82, 2.24) is 15.0 Å². The molecular weight excluding hydrogens is 498 g/mol. The van der Waals surface area contributed by atoms with Gasteiger partial charge in [0.15, 0.2) is 0 Å². The first-order valence-electron chi connectivity index (χ1n) is 12.5. The average Bonchev–Trinajstić information content (AvgIpc) is 3.56. The van der Waals surface area contributed by atoms with Crippen molar-refractivity contribution in [3.05, 3.63) is 95.2 Å². The van der Waals surface area contributed by atoms with E-state index < -0.39 is 0 Å². The fourth-order valence-corrected chi connectivity index (χ4v) is 4.37. The van der Waals surface area contributed by atoms with Gasteiger partial charge in [0, 0.05) is 41.1 Å². The Bertz CT molecular complexity index is 1600. The Labute approximate surface area is 226 Å². The third-order valence-corrected chi connectivity index (χ3v) is 6.60. The van der Waals surface area contributed by atoms with Crippen LogP contribution < -0.4 is 10.2 Å². The first kappa shape index (κ1) is 25.3. The van der Waals surface area contributed by atoms with Gasteiger partial charge in [-0.15, -0.1) is 10.2 Å². The monoisotopic (exact) mass is 525 g/mol. The number of anilines is 2. The molecule has 0 spiro atoms. The van der Waals surface area contributed by atoms with Gasteiger partial charge in [0.25, 0.3) is 0 Å². The summed E-state index contributed by atoms with van der Waals surface area (Å²) in [4.78, 5) is 16.6. The number of rotatable bonds is 8. The van der Waals surface area contributed by atoms with E-state index in [0.29, 0.717) is 27.7 Å². The van der Waals surface area contributed by atoms with Crippen LogP contribution in [0, 0.1) is 6.92 Å². The lowest BCUT2D eigenvalue weighted by Gasteiger charge is -2.20. The molecule has 0 fully saturated rings. The normalized spacial score (nSPS) is 11.4. The topological polar surface area (TPSA) is 76.2 Å². The lowest BCUT2D eigenvalue weighted by atomic mass is 10.1. The van der Waals surface area contributed by atoms with Gasteiger partial charge in [-0.1, -0.05) is 11.6 Å². The second-order valence-electron chi connectivity index (χ2n) is 8.87. The molecular formula is C30H28ClN5O2. The predicted molar refractivity (Wildman–Crippen MR) is 154 cm³/mol. The van der Waals surface area contributed by atoms with Crippen LogP contribution in [-0.4, -0.2) is 34.0 Å². The van der Waals surface area contributed by atoms with Crippen LogP contribution in [0.3, 0.4) is 0 Å². The van der Waals surface area contributed by atoms with Crippen LogP contribution in [0.1, 0.15) is 25.2 Å². The molecule has 38 heavy (non-hydrogen) atoms. The lowest BCUT2D eigenvalue weighted by molar-refractivity contribution is -0.111. The molecule has 0 bridgehead atoms. The predicted octanol–water partition coefficient (Wildman–Crippen LogP) is 7.14. The van der Waals surface area contributed by atoms with Gasteiger partial charge < -0.3 is 14.6 Å². The molecule has 5 rings (SSSR count). The summed E-state index contributed by atoms with van der Waals surface area (Å²) in [5.41, 5.74) is 5.98. The number of carbonyl (C=O) groups is 1. The number of benzene rings is 3. The first-order valence-corrected chi connectivity index (χ1v) is 12.9. The standard InChI is InChI=1S/C30H28ClN5O2/c1-4-35(5-2)23-10-12-24(13-11-23)36-33-27-18-20(3)26(19-28(27)34-36)32-30(37)17-15-25-14-16-29(38-25)21-6-8-22(31)9-7-21/h6-19H,4-5H2,1-3H3,(H,32,37)/b17-15+. The Kier molecular flexibility index (Phi) is 7.29. The Morgan fingerprint density at radius 2 is 1.66 bits per heavy atom. The number of furan rings is 1. The number of aromatic nitrogens is 3. The van der Waals surface area contributed by atoms with Crippen LogP contribution >= 0.6 is 11.6 Å². The van der Waals surface area contributed by atoms with Crippen molar-refractivity contribution in [1.29, 1.82) is 0 Å². The quantitative estimate of drug-likeness (QED) is 0.218. The molecule has 0 aliphatic carbocycles. The first-order chi connectivity index (χ1) is 18.4. The number of carbonyl (C=O) groups excluding carboxylic acids is 1. The third kappa shape index (κ3) is 5.48. The van der Waals surface area contributed by atoms with Crippen molar-refractivity contribution in [2.45, 2.75) is 20.8 Å². The van der Waals surface area contributed by atoms with E-state index in [4.69, 9.17) is 16.0 Å². The van der Waals surface area contributed by atoms with Crippen molar-refractivity contribution in [3.63, 3.8) is 0 Å². The van der Waals surface area contributed by atoms with Crippen LogP contribution in [0.25, 0.3) is 34.1 Å². The number of hydrogen-bond donors (Lipinski definition) is 1. The second-order valence-corrected chi connectivity index (χ2v) is 9.30. The smallest absolute Gasteiger partial charge is 0.248 e. The number of amides is 1. The molecule has 5 aromatic rings. The number of nitrogens with one attached hydrogen (secondary N) is 1. The highest BCUT2D eigenvalue weighted by Crippen LogP contribution is 2.25. The zero-order valence-corrected chi connectivity index (χ0v) is 22.2. The summed E-state index contributed by atoms with van der Waals surface area (Å²) in [6.45, 7) is 8.12. The summed E-state index contributed by atoms with van der Waals surface area (Å²) in [6.07, 6.45) is 3.09. The highest BCUT2D eigenvalue weighted by Gasteiger charge is 2.11. The molecule has 0 aliphatic rings. The van der Waals surface area contributed by atoms with Gasteiger partial charge in [0.05, 0.1) is 5.69 Å². The van der Waals surface area contributed by atoms with Crippen molar-refractivity contribution in [2.24, 2.45) is 0 Å². The maximum Gasteiger partial charge on any atom is 0.248 e. The van der Waals surface area contributed by atoms with E-state index in [-0.39, 0.29) is 5.91 Å². The molecule has 8 heteroatoms. The SMILES string of the molecule is CCN(CC)c1ccc(-n2nc3cc(C)c(NC(=O)/C=C/c4ccc(-c5ccc(Cl)cc5)o4)cc3n2)cc1. The summed E-state index contributed by atoms with van der Waals surface area (Å²) in [6, 6.07) is 23.0. The molecule has 0 unspecified atom stereocenters. The van der Waals surface area contributed by atoms with Crippen LogP contribution in [0.5, 0.6) is 0 Å². The van der Waals surface area contributed by atoms with E-state index in [1.54, 1.807) is 10.9 Å². The lowest BCUT2D eigenvalue weighted by Crippen LogP contribution is -2.21. The Balaban J connectivity index is 1.29. The van der Waals surface area contributed by atoms with Gasteiger partial charge in [0.1, 0.15) is 22.6 Å². The molecule has 7 nitrogen and oxygen atoms in total. The summed E-state index contributed by atoms with van der Waals surface area (Å²) in [5.74, 6) is 1.01. The van der Waals surface area contributed by atoms with E-state index in [1.165, 1.54) is 11.8 Å². The third-order valence-electron chi connectivity index (χ3n) is 6.35. The van der Waals surface area contributed by atoms with Gasteiger partial charge in [-0.05, 0) is 105 Å². The van der Waals surface area contributed by atoms with Crippen molar-refractivity contribution < 1.29 is 9.21 Å². The summed E-state index contributed by atoms with van der Waals surface area (Å²) < 4.78 is 5.84. The highest BCUT2D eigenvalue weighted by molar-refractivity contribution is 6.30. The Morgan fingerprint density at radius 1 is 0.974 bits per heavy atom. The van der Waals surface area contributed by atoms with Gasteiger partial charge in [-0.2, -0.15) is 4.80 Å². The number of aryl methyl sites for hydroxylation is 1. The molecule has 192 valence electrons. The molecule has 2 heterocycles. The molecule has 3 aromatic carbocycles. The minimum absolute atomic E-state index is 0.267. The van der Waals surface area contributed by atoms with Gasteiger partial charge in [0.2, 0.25) is 5.91 Å². The maximum absolute atomic E-state index is 12.7. The van der Waals surface area contributed by atoms with Crippen molar-refractivity contribution >= 4 is 46.0 Å². The van der Waals surface area contributed by atoms with Gasteiger partial charge in [-0.3, -0.25) is 4.79 Å². The molecule has 0 radical (unpaired) electrons. The van der Waals surface area contributed by atoms with E-state index in [1.807, 2.05) is 67.6 Å². The molecule has 1 N–H and O–H groups in total. The largest absolute Gasteiger partial charge is 0.457 e. The fourth-order valence-electron chi connectivity index (χ4n) is 4.25. The summed E-state index contributed by atoms with van der Waals surface area (Å²) >= 11 is 5.96. The molecule has 2 aromatic heterocycles. The molecule has 0 saturated carbocycles. The van der Waals surface area contributed by atoms with Crippen molar-refractivity contribution in [2.75, 3.05) is 23.3 Å². The van der Waals surface area contributed by atoms with Gasteiger partial charge in [-0.25, -0.2) is 0 Å². The average molecular weight is 526 g/mol. The summed E-state index contributed by atoms with van der Waals surface area (Å²) in [7, 11) is 0. The highest BCUT2D eigenvalue weighted by atomic mass is 35.5. The number of hydrogen-bond acceptors (Lipinski definition) is 5. The number of nitrogens with zero attached hydrogens (tertiary/aromatic N) is 4. The number of halogens is 1. The second kappa shape index (κ2) is 10.9. The van der Waals surface area contributed by atoms with E-state index in [9.17, 15) is 4.79 Å². The molecule has 0 atom stereocenters. The van der Waals surface area contributed by atoms with Crippen LogP contribution in [0.2, 0.25) is 5.02 Å². The molecule has 1 amide bonds. The molecule has 0 aliphatic heterocycles. The van der Waals surface area contributed by atoms with E-state index in [2.05, 4.69) is 46.4 Å². The summed E-state index contributed by atoms with van der Waals surface area (Å²) in [5, 5.41) is 12.9. The van der Waals surface area contributed by atoms with Crippen molar-refractivity contribution in [3.8, 4) is 17.0 Å². The zero-order chi connectivity index (χ0) is 26.6. The Hall–Kier alpha value is -4.36. The molecule has 0 saturated heterocycles.